The second-order valence-corrected chi connectivity index (χ2v) is 6.55. The van der Waals surface area contributed by atoms with Crippen molar-refractivity contribution < 1.29 is 14.3 Å². The highest BCUT2D eigenvalue weighted by Crippen LogP contribution is 2.31. The van der Waals surface area contributed by atoms with Crippen molar-refractivity contribution in [1.82, 2.24) is 0 Å². The Hall–Kier alpha value is -3.02. The number of hydrogen-bond donors (Lipinski definition) is 2. The summed E-state index contributed by atoms with van der Waals surface area (Å²) in [5.74, 6) is 0.561. The lowest BCUT2D eigenvalue weighted by Gasteiger charge is -2.18. The number of benzene rings is 2. The van der Waals surface area contributed by atoms with Gasteiger partial charge in [-0.1, -0.05) is 12.1 Å². The van der Waals surface area contributed by atoms with Gasteiger partial charge < -0.3 is 20.3 Å². The normalized spacial score (nSPS) is 13.7. The third-order valence-corrected chi connectivity index (χ3v) is 4.58. The van der Waals surface area contributed by atoms with E-state index in [0.29, 0.717) is 24.6 Å². The molecule has 1 aliphatic rings. The van der Waals surface area contributed by atoms with Crippen molar-refractivity contribution in [2.75, 3.05) is 28.7 Å². The Morgan fingerprint density at radius 2 is 2.00 bits per heavy atom. The van der Waals surface area contributed by atoms with Gasteiger partial charge in [-0.2, -0.15) is 0 Å². The molecular formula is C21H25N3O3. The maximum Gasteiger partial charge on any atom is 0.246 e. The van der Waals surface area contributed by atoms with Gasteiger partial charge in [0.05, 0.1) is 12.3 Å². The van der Waals surface area contributed by atoms with Crippen molar-refractivity contribution in [3.05, 3.63) is 48.0 Å². The van der Waals surface area contributed by atoms with Crippen molar-refractivity contribution in [3.63, 3.8) is 0 Å². The summed E-state index contributed by atoms with van der Waals surface area (Å²) in [5, 5.41) is 6.14. The summed E-state index contributed by atoms with van der Waals surface area (Å²) in [6.07, 6.45) is 0.826. The van der Waals surface area contributed by atoms with Crippen LogP contribution in [0.4, 0.5) is 17.1 Å². The van der Waals surface area contributed by atoms with Crippen molar-refractivity contribution in [2.24, 2.45) is 0 Å². The number of nitrogens with zero attached hydrogens (tertiary/aromatic N) is 1. The number of carbonyl (C=O) groups excluding carboxylic acids is 2. The summed E-state index contributed by atoms with van der Waals surface area (Å²) in [6, 6.07) is 12.8. The predicted octanol–water partition coefficient (Wildman–Crippen LogP) is 3.43. The van der Waals surface area contributed by atoms with Crippen molar-refractivity contribution in [1.29, 1.82) is 0 Å². The summed E-state index contributed by atoms with van der Waals surface area (Å²) < 4.78 is 5.55. The quantitative estimate of drug-likeness (QED) is 0.821. The van der Waals surface area contributed by atoms with E-state index in [2.05, 4.69) is 10.6 Å². The lowest BCUT2D eigenvalue weighted by atomic mass is 10.1. The molecule has 0 fully saturated rings. The van der Waals surface area contributed by atoms with Crippen LogP contribution in [0.3, 0.4) is 0 Å². The number of hydrogen-bond acceptors (Lipinski definition) is 4. The number of nitrogens with one attached hydrogen (secondary N) is 2. The summed E-state index contributed by atoms with van der Waals surface area (Å²) >= 11 is 0. The van der Waals surface area contributed by atoms with Crippen LogP contribution >= 0.6 is 0 Å². The fourth-order valence-corrected chi connectivity index (χ4v) is 3.23. The van der Waals surface area contributed by atoms with Gasteiger partial charge >= 0.3 is 0 Å². The largest absolute Gasteiger partial charge is 0.492 e. The van der Waals surface area contributed by atoms with Gasteiger partial charge in [-0.25, -0.2) is 0 Å². The fourth-order valence-electron chi connectivity index (χ4n) is 3.23. The number of anilines is 3. The van der Waals surface area contributed by atoms with E-state index >= 15 is 0 Å². The van der Waals surface area contributed by atoms with E-state index in [1.54, 1.807) is 11.8 Å². The van der Waals surface area contributed by atoms with Crippen LogP contribution in [-0.4, -0.2) is 31.0 Å². The molecule has 142 valence electrons. The van der Waals surface area contributed by atoms with Crippen LogP contribution in [0.2, 0.25) is 0 Å². The van der Waals surface area contributed by atoms with Gasteiger partial charge in [-0.15, -0.1) is 0 Å². The molecule has 6 heteroatoms. The van der Waals surface area contributed by atoms with E-state index in [0.717, 1.165) is 23.4 Å². The molecule has 0 saturated carbocycles. The molecule has 1 heterocycles. The highest BCUT2D eigenvalue weighted by Gasteiger charge is 2.23. The number of para-hydroxylation sites is 2. The first kappa shape index (κ1) is 18.8. The van der Waals surface area contributed by atoms with E-state index in [4.69, 9.17) is 4.74 Å². The van der Waals surface area contributed by atoms with Gasteiger partial charge in [0.1, 0.15) is 11.8 Å². The van der Waals surface area contributed by atoms with Crippen molar-refractivity contribution in [3.8, 4) is 5.75 Å². The van der Waals surface area contributed by atoms with Gasteiger partial charge in [-0.3, -0.25) is 9.59 Å². The Morgan fingerprint density at radius 3 is 2.74 bits per heavy atom. The van der Waals surface area contributed by atoms with Crippen LogP contribution in [0.25, 0.3) is 0 Å². The molecular weight excluding hydrogens is 342 g/mol. The second-order valence-electron chi connectivity index (χ2n) is 6.55. The summed E-state index contributed by atoms with van der Waals surface area (Å²) in [6.45, 7) is 6.54. The van der Waals surface area contributed by atoms with Crippen molar-refractivity contribution >= 4 is 28.9 Å². The molecule has 1 unspecified atom stereocenters. The zero-order valence-electron chi connectivity index (χ0n) is 15.9. The number of fused-ring (bicyclic) bond motifs is 1. The molecule has 2 N–H and O–H groups in total. The monoisotopic (exact) mass is 367 g/mol. The van der Waals surface area contributed by atoms with Gasteiger partial charge in [0.2, 0.25) is 11.8 Å². The molecule has 2 aromatic rings. The number of carbonyl (C=O) groups is 2. The fraction of sp³-hybridized carbons (Fsp3) is 0.333. The molecule has 2 amide bonds. The topological polar surface area (TPSA) is 70.7 Å². The maximum absolute atomic E-state index is 12.6. The average molecular weight is 367 g/mol. The van der Waals surface area contributed by atoms with Crippen LogP contribution < -0.4 is 20.3 Å². The molecule has 1 atom stereocenters. The van der Waals surface area contributed by atoms with Crippen LogP contribution in [0.5, 0.6) is 5.75 Å². The van der Waals surface area contributed by atoms with Crippen LogP contribution in [0.15, 0.2) is 42.5 Å². The molecule has 27 heavy (non-hydrogen) atoms. The van der Waals surface area contributed by atoms with Crippen LogP contribution in [0, 0.1) is 0 Å². The Balaban J connectivity index is 1.66. The molecule has 2 aromatic carbocycles. The molecule has 0 saturated heterocycles. The molecule has 0 bridgehead atoms. The number of amides is 2. The Morgan fingerprint density at radius 1 is 1.22 bits per heavy atom. The molecule has 0 aliphatic carbocycles. The van der Waals surface area contributed by atoms with E-state index in [1.165, 1.54) is 0 Å². The Labute approximate surface area is 159 Å². The first-order chi connectivity index (χ1) is 13.0. The number of ether oxygens (including phenoxy) is 1. The minimum Gasteiger partial charge on any atom is -0.492 e. The minimum absolute atomic E-state index is 0.0511. The lowest BCUT2D eigenvalue weighted by molar-refractivity contribution is -0.117. The summed E-state index contributed by atoms with van der Waals surface area (Å²) in [4.78, 5) is 26.0. The van der Waals surface area contributed by atoms with Gasteiger partial charge in [0.25, 0.3) is 0 Å². The predicted molar refractivity (Wildman–Crippen MR) is 107 cm³/mol. The van der Waals surface area contributed by atoms with Gasteiger partial charge in [-0.05, 0) is 56.2 Å². The highest BCUT2D eigenvalue weighted by atomic mass is 16.5. The average Bonchev–Trinajstić information content (AvgIpc) is 3.07. The van der Waals surface area contributed by atoms with E-state index in [-0.39, 0.29) is 11.8 Å². The van der Waals surface area contributed by atoms with Crippen molar-refractivity contribution in [2.45, 2.75) is 33.2 Å². The minimum atomic E-state index is -0.428. The van der Waals surface area contributed by atoms with Crippen LogP contribution in [-0.2, 0) is 16.0 Å². The molecule has 1 aliphatic heterocycles. The van der Waals surface area contributed by atoms with E-state index < -0.39 is 6.04 Å². The zero-order valence-corrected chi connectivity index (χ0v) is 15.9. The Kier molecular flexibility index (Phi) is 5.64. The lowest BCUT2D eigenvalue weighted by Crippen LogP contribution is -2.32. The van der Waals surface area contributed by atoms with Crippen LogP contribution in [0.1, 0.15) is 26.3 Å². The van der Waals surface area contributed by atoms with E-state index in [9.17, 15) is 9.59 Å². The second kappa shape index (κ2) is 8.12. The Bertz CT molecular complexity index is 850. The van der Waals surface area contributed by atoms with Gasteiger partial charge in [0.15, 0.2) is 0 Å². The summed E-state index contributed by atoms with van der Waals surface area (Å²) in [5.41, 5.74) is 3.59. The first-order valence-corrected chi connectivity index (χ1v) is 9.20. The SMILES string of the molecule is CCOc1ccccc1NC(=O)C(C)Nc1ccc2c(c1)CCN2C(C)=O. The maximum atomic E-state index is 12.6. The van der Waals surface area contributed by atoms with E-state index in [1.807, 2.05) is 56.3 Å². The molecule has 3 rings (SSSR count). The third kappa shape index (κ3) is 4.22. The number of rotatable bonds is 6. The van der Waals surface area contributed by atoms with Gasteiger partial charge in [0, 0.05) is 24.8 Å². The first-order valence-electron chi connectivity index (χ1n) is 9.20. The zero-order chi connectivity index (χ0) is 19.4. The third-order valence-electron chi connectivity index (χ3n) is 4.58. The molecule has 0 spiro atoms. The smallest absolute Gasteiger partial charge is 0.246 e. The molecule has 0 aromatic heterocycles. The molecule has 6 nitrogen and oxygen atoms in total. The summed E-state index contributed by atoms with van der Waals surface area (Å²) in [7, 11) is 0. The molecule has 0 radical (unpaired) electrons. The standard InChI is InChI=1S/C21H25N3O3/c1-4-27-20-8-6-5-7-18(20)23-21(26)14(2)22-17-9-10-19-16(13-17)11-12-24(19)15(3)25/h5-10,13-14,22H,4,11-12H2,1-3H3,(H,23,26). The highest BCUT2D eigenvalue weighted by molar-refractivity contribution is 5.98.